The third-order valence-electron chi connectivity index (χ3n) is 11.5. The molecule has 0 atom stereocenters. The molecule has 11 nitrogen and oxygen atoms in total. The van der Waals surface area contributed by atoms with Gasteiger partial charge in [-0.2, -0.15) is 4.39 Å². The van der Waals surface area contributed by atoms with Crippen molar-refractivity contribution < 1.29 is 32.2 Å². The van der Waals surface area contributed by atoms with Crippen molar-refractivity contribution in [1.82, 2.24) is 29.7 Å². The topological polar surface area (TPSA) is 137 Å². The molecule has 0 spiro atoms. The number of pyridine rings is 2. The molecule has 2 aliphatic heterocycles. The van der Waals surface area contributed by atoms with Crippen LogP contribution in [0, 0.1) is 17.6 Å². The average molecular weight is 808 g/mol. The number of aliphatic hydroxyl groups is 2. The third-order valence-corrected chi connectivity index (χ3v) is 11.5. The van der Waals surface area contributed by atoms with E-state index in [1.807, 2.05) is 12.1 Å². The van der Waals surface area contributed by atoms with Crippen LogP contribution in [0.1, 0.15) is 64.2 Å². The first-order chi connectivity index (χ1) is 28.5. The van der Waals surface area contributed by atoms with Gasteiger partial charge in [0.2, 0.25) is 17.7 Å². The summed E-state index contributed by atoms with van der Waals surface area (Å²) in [5.74, 6) is 0.895. The van der Waals surface area contributed by atoms with Crippen LogP contribution in [0.15, 0.2) is 94.0 Å². The first-order valence-electron chi connectivity index (χ1n) is 20.3. The van der Waals surface area contributed by atoms with Gasteiger partial charge in [-0.05, 0) is 118 Å². The van der Waals surface area contributed by atoms with Crippen LogP contribution in [0.4, 0.5) is 19.0 Å². The monoisotopic (exact) mass is 807 g/mol. The Morgan fingerprint density at radius 3 is 1.49 bits per heavy atom. The van der Waals surface area contributed by atoms with Gasteiger partial charge in [-0.25, -0.2) is 28.7 Å². The minimum absolute atomic E-state index is 0.204. The second kappa shape index (κ2) is 17.1. The fourth-order valence-electron chi connectivity index (χ4n) is 7.57. The van der Waals surface area contributed by atoms with Crippen LogP contribution in [0.3, 0.4) is 0 Å². The van der Waals surface area contributed by atoms with Crippen molar-refractivity contribution in [3.05, 3.63) is 115 Å². The van der Waals surface area contributed by atoms with E-state index in [-0.39, 0.29) is 17.5 Å². The van der Waals surface area contributed by atoms with Crippen molar-refractivity contribution in [2.75, 3.05) is 44.6 Å². The molecule has 3 fully saturated rings. The molecule has 1 saturated carbocycles. The number of aromatic nitrogens is 4. The third kappa shape index (κ3) is 9.10. The summed E-state index contributed by atoms with van der Waals surface area (Å²) in [6.07, 6.45) is 7.51. The van der Waals surface area contributed by atoms with E-state index in [0.717, 1.165) is 69.1 Å². The van der Waals surface area contributed by atoms with Crippen LogP contribution in [-0.4, -0.2) is 85.3 Å². The Bertz CT molecular complexity index is 2350. The van der Waals surface area contributed by atoms with Gasteiger partial charge in [-0.1, -0.05) is 13.8 Å². The van der Waals surface area contributed by atoms with Gasteiger partial charge in [0.05, 0.1) is 0 Å². The second-order valence-corrected chi connectivity index (χ2v) is 15.6. The first-order valence-corrected chi connectivity index (χ1v) is 20.3. The van der Waals surface area contributed by atoms with E-state index >= 15 is 0 Å². The van der Waals surface area contributed by atoms with Gasteiger partial charge < -0.3 is 34.2 Å². The molecule has 3 aliphatic rings. The van der Waals surface area contributed by atoms with Crippen molar-refractivity contribution >= 4 is 5.82 Å². The molecule has 4 aromatic heterocycles. The number of anilines is 1. The lowest BCUT2D eigenvalue weighted by Crippen LogP contribution is -2.42. The van der Waals surface area contributed by atoms with Crippen LogP contribution in [0.5, 0.6) is 0 Å². The van der Waals surface area contributed by atoms with Gasteiger partial charge in [0, 0.05) is 72.9 Å². The molecule has 2 saturated heterocycles. The second-order valence-electron chi connectivity index (χ2n) is 15.6. The molecule has 3 N–H and O–H groups in total. The zero-order valence-electron chi connectivity index (χ0n) is 33.2. The van der Waals surface area contributed by atoms with E-state index in [9.17, 15) is 23.4 Å². The maximum Gasteiger partial charge on any atom is 0.227 e. The lowest BCUT2D eigenvalue weighted by molar-refractivity contribution is -0.0449. The lowest BCUT2D eigenvalue weighted by Gasteiger charge is -2.35. The SMILES string of the molecule is CCN1CCC(O)(c2nc(-c3ccc(F)cc3)c(-c3ccnc(F)c3)o2)CC1.CCN1CCC(O)(c2nc(-c3ccc(F)cc3)c(-c3ccnc(NC4CC4)c3)o2)CC1. The number of likely N-dealkylation sites (tertiary alicyclic amines) is 2. The van der Waals surface area contributed by atoms with Crippen LogP contribution in [0.25, 0.3) is 45.2 Å². The number of piperidine rings is 2. The number of nitrogens with one attached hydrogen (secondary N) is 1. The van der Waals surface area contributed by atoms with Crippen molar-refractivity contribution in [3.63, 3.8) is 0 Å². The highest BCUT2D eigenvalue weighted by molar-refractivity contribution is 5.78. The molecule has 6 heterocycles. The Morgan fingerprint density at radius 2 is 1.07 bits per heavy atom. The number of hydrogen-bond acceptors (Lipinski definition) is 11. The van der Waals surface area contributed by atoms with Crippen LogP contribution in [-0.2, 0) is 11.2 Å². The van der Waals surface area contributed by atoms with E-state index in [0.29, 0.717) is 71.7 Å². The molecule has 0 unspecified atom stereocenters. The number of nitrogens with zero attached hydrogens (tertiary/aromatic N) is 6. The van der Waals surface area contributed by atoms with Gasteiger partial charge >= 0.3 is 0 Å². The molecule has 14 heteroatoms. The molecular weight excluding hydrogens is 760 g/mol. The van der Waals surface area contributed by atoms with Crippen LogP contribution < -0.4 is 5.32 Å². The molecule has 6 aromatic rings. The molecule has 0 bridgehead atoms. The molecule has 1 aliphatic carbocycles. The van der Waals surface area contributed by atoms with Gasteiger partial charge in [0.25, 0.3) is 0 Å². The number of benzene rings is 2. The molecule has 59 heavy (non-hydrogen) atoms. The highest BCUT2D eigenvalue weighted by Crippen LogP contribution is 2.42. The van der Waals surface area contributed by atoms with Crippen molar-refractivity contribution in [3.8, 4) is 45.2 Å². The summed E-state index contributed by atoms with van der Waals surface area (Å²) in [6, 6.07) is 19.2. The minimum Gasteiger partial charge on any atom is -0.437 e. The quantitative estimate of drug-likeness (QED) is 0.115. The summed E-state index contributed by atoms with van der Waals surface area (Å²) in [5, 5.41) is 25.9. The summed E-state index contributed by atoms with van der Waals surface area (Å²) in [4.78, 5) is 21.8. The highest BCUT2D eigenvalue weighted by atomic mass is 19.1. The first kappa shape index (κ1) is 40.4. The summed E-state index contributed by atoms with van der Waals surface area (Å²) in [7, 11) is 0. The average Bonchev–Trinajstić information content (AvgIpc) is 3.75. The predicted octanol–water partition coefficient (Wildman–Crippen LogP) is 8.41. The molecule has 308 valence electrons. The van der Waals surface area contributed by atoms with E-state index in [2.05, 4.69) is 43.9 Å². The maximum atomic E-state index is 13.7. The van der Waals surface area contributed by atoms with Gasteiger partial charge in [-0.15, -0.1) is 0 Å². The minimum atomic E-state index is -1.19. The fraction of sp³-hybridized carbons (Fsp3) is 0.378. The highest BCUT2D eigenvalue weighted by Gasteiger charge is 2.40. The Morgan fingerprint density at radius 1 is 0.627 bits per heavy atom. The Kier molecular flexibility index (Phi) is 11.7. The number of oxazole rings is 2. The summed E-state index contributed by atoms with van der Waals surface area (Å²) in [5.41, 5.74) is 1.39. The predicted molar refractivity (Wildman–Crippen MR) is 217 cm³/mol. The maximum absolute atomic E-state index is 13.7. The summed E-state index contributed by atoms with van der Waals surface area (Å²) < 4.78 is 52.8. The summed E-state index contributed by atoms with van der Waals surface area (Å²) in [6.45, 7) is 9.14. The molecular formula is C45H48F3N7O4. The molecule has 0 amide bonds. The fourth-order valence-corrected chi connectivity index (χ4v) is 7.57. The van der Waals surface area contributed by atoms with E-state index in [4.69, 9.17) is 13.8 Å². The largest absolute Gasteiger partial charge is 0.437 e. The van der Waals surface area contributed by atoms with Crippen molar-refractivity contribution in [2.24, 2.45) is 0 Å². The van der Waals surface area contributed by atoms with Gasteiger partial charge in [0.1, 0.15) is 40.0 Å². The van der Waals surface area contributed by atoms with Crippen LogP contribution >= 0.6 is 0 Å². The number of halogens is 3. The van der Waals surface area contributed by atoms with E-state index in [1.165, 1.54) is 36.5 Å². The number of hydrogen-bond donors (Lipinski definition) is 3. The molecule has 0 radical (unpaired) electrons. The Hall–Kier alpha value is -5.41. The molecule has 9 rings (SSSR count). The van der Waals surface area contributed by atoms with Crippen molar-refractivity contribution in [2.45, 2.75) is 69.6 Å². The van der Waals surface area contributed by atoms with Crippen molar-refractivity contribution in [1.29, 1.82) is 0 Å². The van der Waals surface area contributed by atoms with Gasteiger partial charge in [-0.3, -0.25) is 0 Å². The zero-order valence-corrected chi connectivity index (χ0v) is 33.2. The van der Waals surface area contributed by atoms with Gasteiger partial charge in [0.15, 0.2) is 11.5 Å². The Balaban J connectivity index is 0.000000165. The smallest absolute Gasteiger partial charge is 0.227 e. The normalized spacial score (nSPS) is 17.9. The zero-order chi connectivity index (χ0) is 41.1. The summed E-state index contributed by atoms with van der Waals surface area (Å²) >= 11 is 0. The van der Waals surface area contributed by atoms with E-state index in [1.54, 1.807) is 36.5 Å². The standard InChI is InChI=1S/C24H27FN4O2.C21H21F2N3O2/c1-2-29-13-10-24(30,11-14-29)23-28-21(16-3-5-18(25)6-4-16)22(31-23)17-9-12-26-20(15-17)27-19-7-8-19;1-2-26-11-8-21(27,9-12-26)20-25-18(14-3-5-16(22)6-4-14)19(28-20)15-7-10-24-17(23)13-15/h3-6,9,12,15,19,30H,2,7-8,10-11,13-14H2,1H3,(H,26,27);3-7,10,13,27H,2,8-9,11-12H2,1H3. The Labute approximate surface area is 341 Å². The van der Waals surface area contributed by atoms with Crippen LogP contribution in [0.2, 0.25) is 0 Å². The molecule has 2 aromatic carbocycles. The van der Waals surface area contributed by atoms with E-state index < -0.39 is 17.1 Å². The lowest BCUT2D eigenvalue weighted by atomic mass is 9.91. The number of rotatable bonds is 10.